The van der Waals surface area contributed by atoms with Crippen LogP contribution in [0.5, 0.6) is 11.5 Å². The fourth-order valence-electron chi connectivity index (χ4n) is 2.23. The van der Waals surface area contributed by atoms with Crippen LogP contribution in [0.2, 0.25) is 5.02 Å². The smallest absolute Gasteiger partial charge is 0.231 e. The van der Waals surface area contributed by atoms with E-state index in [2.05, 4.69) is 29.6 Å². The van der Waals surface area contributed by atoms with Crippen molar-refractivity contribution in [1.82, 2.24) is 5.32 Å². The Morgan fingerprint density at radius 2 is 1.90 bits per heavy atom. The lowest BCUT2D eigenvalue weighted by atomic mass is 10.1. The summed E-state index contributed by atoms with van der Waals surface area (Å²) in [5, 5.41) is 4.02. The molecule has 0 fully saturated rings. The van der Waals surface area contributed by atoms with E-state index in [-0.39, 0.29) is 6.79 Å². The van der Waals surface area contributed by atoms with Crippen LogP contribution >= 0.6 is 11.6 Å². The van der Waals surface area contributed by atoms with Gasteiger partial charge in [-0.3, -0.25) is 0 Å². The molecule has 0 aliphatic carbocycles. The molecule has 2 aromatic carbocycles. The van der Waals surface area contributed by atoms with Crippen molar-refractivity contribution in [3.8, 4) is 11.5 Å². The summed E-state index contributed by atoms with van der Waals surface area (Å²) in [6, 6.07) is 14.3. The van der Waals surface area contributed by atoms with Gasteiger partial charge in [0, 0.05) is 6.54 Å². The molecule has 20 heavy (non-hydrogen) atoms. The summed E-state index contributed by atoms with van der Waals surface area (Å²) in [5.74, 6) is 1.39. The standard InChI is InChI=1S/C16H16ClNO2/c17-14-8-13(9-15-16(14)20-11-19-15)10-18-7-6-12-4-2-1-3-5-12/h1-5,8-9,18H,6-7,10-11H2. The summed E-state index contributed by atoms with van der Waals surface area (Å²) >= 11 is 6.15. The molecule has 3 nitrogen and oxygen atoms in total. The van der Waals surface area contributed by atoms with Crippen LogP contribution in [-0.4, -0.2) is 13.3 Å². The quantitative estimate of drug-likeness (QED) is 0.856. The maximum atomic E-state index is 6.15. The lowest BCUT2D eigenvalue weighted by molar-refractivity contribution is 0.174. The van der Waals surface area contributed by atoms with E-state index in [0.29, 0.717) is 10.8 Å². The molecule has 0 saturated heterocycles. The van der Waals surface area contributed by atoms with Gasteiger partial charge in [0.25, 0.3) is 0 Å². The first-order valence-corrected chi connectivity index (χ1v) is 7.03. The first-order valence-electron chi connectivity index (χ1n) is 6.65. The van der Waals surface area contributed by atoms with Crippen molar-refractivity contribution in [1.29, 1.82) is 0 Å². The number of hydrogen-bond acceptors (Lipinski definition) is 3. The second-order valence-electron chi connectivity index (χ2n) is 4.72. The van der Waals surface area contributed by atoms with Gasteiger partial charge in [-0.25, -0.2) is 0 Å². The summed E-state index contributed by atoms with van der Waals surface area (Å²) in [6.45, 7) is 1.94. The number of benzene rings is 2. The predicted octanol–water partition coefficient (Wildman–Crippen LogP) is 3.40. The Hall–Kier alpha value is -1.71. The van der Waals surface area contributed by atoms with Crippen molar-refractivity contribution in [3.63, 3.8) is 0 Å². The van der Waals surface area contributed by atoms with E-state index in [1.807, 2.05) is 18.2 Å². The highest BCUT2D eigenvalue weighted by Crippen LogP contribution is 2.39. The minimum Gasteiger partial charge on any atom is -0.454 e. The molecule has 3 rings (SSSR count). The van der Waals surface area contributed by atoms with E-state index in [9.17, 15) is 0 Å². The van der Waals surface area contributed by atoms with E-state index >= 15 is 0 Å². The molecule has 0 spiro atoms. The van der Waals surface area contributed by atoms with Crippen LogP contribution in [0.15, 0.2) is 42.5 Å². The molecule has 1 aliphatic heterocycles. The average Bonchev–Trinajstić information content (AvgIpc) is 2.94. The third-order valence-electron chi connectivity index (χ3n) is 3.25. The number of halogens is 1. The Bertz CT molecular complexity index is 587. The summed E-state index contributed by atoms with van der Waals surface area (Å²) in [7, 11) is 0. The second kappa shape index (κ2) is 6.16. The molecule has 0 unspecified atom stereocenters. The maximum absolute atomic E-state index is 6.15. The highest BCUT2D eigenvalue weighted by atomic mass is 35.5. The van der Waals surface area contributed by atoms with Crippen molar-refractivity contribution in [3.05, 3.63) is 58.6 Å². The van der Waals surface area contributed by atoms with Crippen LogP contribution in [0.25, 0.3) is 0 Å². The van der Waals surface area contributed by atoms with Gasteiger partial charge < -0.3 is 14.8 Å². The molecule has 104 valence electrons. The first-order chi connectivity index (χ1) is 9.83. The monoisotopic (exact) mass is 289 g/mol. The number of fused-ring (bicyclic) bond motifs is 1. The fraction of sp³-hybridized carbons (Fsp3) is 0.250. The molecule has 0 radical (unpaired) electrons. The van der Waals surface area contributed by atoms with E-state index < -0.39 is 0 Å². The van der Waals surface area contributed by atoms with Gasteiger partial charge in [0.1, 0.15) is 0 Å². The Morgan fingerprint density at radius 3 is 2.75 bits per heavy atom. The molecule has 0 bridgehead atoms. The third kappa shape index (κ3) is 3.06. The highest BCUT2D eigenvalue weighted by molar-refractivity contribution is 6.32. The molecule has 0 aromatic heterocycles. The molecule has 0 atom stereocenters. The van der Waals surface area contributed by atoms with E-state index in [0.717, 1.165) is 30.8 Å². The Kier molecular flexibility index (Phi) is 4.09. The van der Waals surface area contributed by atoms with Gasteiger partial charge in [0.2, 0.25) is 6.79 Å². The zero-order valence-corrected chi connectivity index (χ0v) is 11.8. The van der Waals surface area contributed by atoms with Gasteiger partial charge in [-0.2, -0.15) is 0 Å². The molecule has 0 saturated carbocycles. The van der Waals surface area contributed by atoms with Crippen molar-refractivity contribution < 1.29 is 9.47 Å². The number of nitrogens with one attached hydrogen (secondary N) is 1. The molecule has 0 amide bonds. The normalized spacial score (nSPS) is 12.7. The summed E-state index contributed by atoms with van der Waals surface area (Å²) in [4.78, 5) is 0. The zero-order chi connectivity index (χ0) is 13.8. The van der Waals surface area contributed by atoms with Crippen molar-refractivity contribution in [2.45, 2.75) is 13.0 Å². The Labute approximate surface area is 123 Å². The van der Waals surface area contributed by atoms with Crippen LogP contribution in [0.1, 0.15) is 11.1 Å². The van der Waals surface area contributed by atoms with Gasteiger partial charge in [0.05, 0.1) is 5.02 Å². The van der Waals surface area contributed by atoms with E-state index in [1.54, 1.807) is 0 Å². The van der Waals surface area contributed by atoms with Crippen LogP contribution < -0.4 is 14.8 Å². The Morgan fingerprint density at radius 1 is 1.05 bits per heavy atom. The van der Waals surface area contributed by atoms with Gasteiger partial charge in [0.15, 0.2) is 11.5 Å². The molecule has 1 heterocycles. The Balaban J connectivity index is 1.53. The van der Waals surface area contributed by atoms with E-state index in [1.165, 1.54) is 5.56 Å². The predicted molar refractivity (Wildman–Crippen MR) is 79.4 cm³/mol. The zero-order valence-electron chi connectivity index (χ0n) is 11.1. The summed E-state index contributed by atoms with van der Waals surface area (Å²) in [5.41, 5.74) is 2.44. The minimum atomic E-state index is 0.250. The molecule has 1 aliphatic rings. The second-order valence-corrected chi connectivity index (χ2v) is 5.13. The van der Waals surface area contributed by atoms with Gasteiger partial charge in [-0.1, -0.05) is 41.9 Å². The lowest BCUT2D eigenvalue weighted by Gasteiger charge is -2.07. The third-order valence-corrected chi connectivity index (χ3v) is 3.53. The molecule has 4 heteroatoms. The summed E-state index contributed by atoms with van der Waals surface area (Å²) < 4.78 is 10.7. The molecule has 1 N–H and O–H groups in total. The van der Waals surface area contributed by atoms with Crippen LogP contribution in [0.3, 0.4) is 0 Å². The highest BCUT2D eigenvalue weighted by Gasteiger charge is 2.17. The first kappa shape index (κ1) is 13.3. The van der Waals surface area contributed by atoms with Crippen LogP contribution in [0.4, 0.5) is 0 Å². The van der Waals surface area contributed by atoms with Crippen molar-refractivity contribution in [2.75, 3.05) is 13.3 Å². The SMILES string of the molecule is Clc1cc(CNCCc2ccccc2)cc2c1OCO2. The van der Waals surface area contributed by atoms with E-state index in [4.69, 9.17) is 21.1 Å². The molecule has 2 aromatic rings. The number of ether oxygens (including phenoxy) is 2. The summed E-state index contributed by atoms with van der Waals surface area (Å²) in [6.07, 6.45) is 1.01. The van der Waals surface area contributed by atoms with Gasteiger partial charge in [-0.05, 0) is 36.2 Å². The van der Waals surface area contributed by atoms with Crippen molar-refractivity contribution >= 4 is 11.6 Å². The van der Waals surface area contributed by atoms with Crippen molar-refractivity contribution in [2.24, 2.45) is 0 Å². The van der Waals surface area contributed by atoms with Crippen LogP contribution in [0, 0.1) is 0 Å². The van der Waals surface area contributed by atoms with Gasteiger partial charge >= 0.3 is 0 Å². The lowest BCUT2D eigenvalue weighted by Crippen LogP contribution is -2.16. The van der Waals surface area contributed by atoms with Gasteiger partial charge in [-0.15, -0.1) is 0 Å². The minimum absolute atomic E-state index is 0.250. The number of rotatable bonds is 5. The number of hydrogen-bond donors (Lipinski definition) is 1. The largest absolute Gasteiger partial charge is 0.454 e. The molecular formula is C16H16ClNO2. The molecular weight excluding hydrogens is 274 g/mol. The average molecular weight is 290 g/mol. The fourth-order valence-corrected chi connectivity index (χ4v) is 2.52. The maximum Gasteiger partial charge on any atom is 0.231 e. The topological polar surface area (TPSA) is 30.5 Å². The van der Waals surface area contributed by atoms with Crippen LogP contribution in [-0.2, 0) is 13.0 Å².